The van der Waals surface area contributed by atoms with Gasteiger partial charge in [0.15, 0.2) is 0 Å². The lowest BCUT2D eigenvalue weighted by atomic mass is 10.1. The molecule has 2 heterocycles. The van der Waals surface area contributed by atoms with E-state index in [1.165, 1.54) is 10.2 Å². The van der Waals surface area contributed by atoms with Crippen molar-refractivity contribution in [2.24, 2.45) is 7.05 Å². The molecular weight excluding hydrogens is 380 g/mol. The maximum atomic E-state index is 12.7. The quantitative estimate of drug-likeness (QED) is 0.673. The number of carbonyl (C=O) groups excluding carboxylic acids is 1. The van der Waals surface area contributed by atoms with E-state index < -0.39 is 0 Å². The fourth-order valence-electron chi connectivity index (χ4n) is 3.80. The number of aromatic nitrogens is 2. The summed E-state index contributed by atoms with van der Waals surface area (Å²) in [6, 6.07) is 15.5. The van der Waals surface area contributed by atoms with Gasteiger partial charge in [0.1, 0.15) is 0 Å². The Morgan fingerprint density at radius 1 is 1.03 bits per heavy atom. The molecule has 156 valence electrons. The molecule has 30 heavy (non-hydrogen) atoms. The second kappa shape index (κ2) is 9.19. The van der Waals surface area contributed by atoms with Crippen molar-refractivity contribution in [2.45, 2.75) is 19.5 Å². The van der Waals surface area contributed by atoms with Gasteiger partial charge in [-0.1, -0.05) is 42.5 Å². The zero-order valence-electron chi connectivity index (χ0n) is 17.1. The van der Waals surface area contributed by atoms with Gasteiger partial charge in [-0.3, -0.25) is 14.5 Å². The van der Waals surface area contributed by atoms with Crippen LogP contribution in [0.1, 0.15) is 16.8 Å². The van der Waals surface area contributed by atoms with Crippen LogP contribution in [-0.2, 0) is 36.1 Å². The molecule has 0 radical (unpaired) electrons. The molecule has 0 bridgehead atoms. The average molecular weight is 406 g/mol. The highest BCUT2D eigenvalue weighted by Crippen LogP contribution is 2.15. The summed E-state index contributed by atoms with van der Waals surface area (Å²) in [6.07, 6.45) is 0.125. The SMILES string of the molecule is Cn1nc(CC(=O)NCc2ccccc2CN2CCOCC2)c2ccccc2c1=O. The molecule has 1 fully saturated rings. The van der Waals surface area contributed by atoms with E-state index in [9.17, 15) is 9.59 Å². The van der Waals surface area contributed by atoms with Gasteiger partial charge in [-0.2, -0.15) is 5.10 Å². The molecule has 4 rings (SSSR count). The van der Waals surface area contributed by atoms with E-state index in [2.05, 4.69) is 27.4 Å². The molecule has 2 aromatic carbocycles. The summed E-state index contributed by atoms with van der Waals surface area (Å²) in [6.45, 7) is 4.68. The van der Waals surface area contributed by atoms with Crippen LogP contribution in [0.2, 0.25) is 0 Å². The minimum absolute atomic E-state index is 0.118. The van der Waals surface area contributed by atoms with Gasteiger partial charge in [0, 0.05) is 38.6 Å². The highest BCUT2D eigenvalue weighted by molar-refractivity contribution is 5.88. The van der Waals surface area contributed by atoms with Crippen molar-refractivity contribution in [1.82, 2.24) is 20.0 Å². The Hall–Kier alpha value is -3.03. The third-order valence-electron chi connectivity index (χ3n) is 5.45. The summed E-state index contributed by atoms with van der Waals surface area (Å²) in [5, 5.41) is 8.63. The lowest BCUT2D eigenvalue weighted by molar-refractivity contribution is -0.120. The molecule has 1 N–H and O–H groups in total. The number of amides is 1. The topological polar surface area (TPSA) is 76.5 Å². The molecule has 0 aliphatic carbocycles. The Bertz CT molecular complexity index is 1100. The molecule has 1 amide bonds. The van der Waals surface area contributed by atoms with Gasteiger partial charge < -0.3 is 10.1 Å². The Labute approximate surface area is 175 Å². The number of nitrogens with zero attached hydrogens (tertiary/aromatic N) is 3. The Kier molecular flexibility index (Phi) is 6.21. The van der Waals surface area contributed by atoms with Gasteiger partial charge in [-0.05, 0) is 17.2 Å². The van der Waals surface area contributed by atoms with Crippen molar-refractivity contribution in [3.8, 4) is 0 Å². The maximum Gasteiger partial charge on any atom is 0.274 e. The number of morpholine rings is 1. The first-order valence-electron chi connectivity index (χ1n) is 10.2. The fourth-order valence-corrected chi connectivity index (χ4v) is 3.80. The van der Waals surface area contributed by atoms with Crippen molar-refractivity contribution in [3.05, 3.63) is 75.7 Å². The zero-order chi connectivity index (χ0) is 20.9. The molecule has 0 saturated carbocycles. The molecule has 0 unspecified atom stereocenters. The van der Waals surface area contributed by atoms with Crippen molar-refractivity contribution in [3.63, 3.8) is 0 Å². The van der Waals surface area contributed by atoms with Gasteiger partial charge >= 0.3 is 0 Å². The maximum absolute atomic E-state index is 12.7. The van der Waals surface area contributed by atoms with Crippen LogP contribution in [0.15, 0.2) is 53.3 Å². The van der Waals surface area contributed by atoms with Crippen molar-refractivity contribution < 1.29 is 9.53 Å². The van der Waals surface area contributed by atoms with E-state index in [0.717, 1.165) is 43.8 Å². The molecular formula is C23H26N4O3. The number of carbonyl (C=O) groups is 1. The van der Waals surface area contributed by atoms with Crippen LogP contribution in [0.25, 0.3) is 10.8 Å². The predicted molar refractivity (Wildman–Crippen MR) is 115 cm³/mol. The summed E-state index contributed by atoms with van der Waals surface area (Å²) >= 11 is 0. The number of aryl methyl sites for hydroxylation is 1. The normalized spacial score (nSPS) is 14.7. The van der Waals surface area contributed by atoms with Crippen molar-refractivity contribution in [1.29, 1.82) is 0 Å². The van der Waals surface area contributed by atoms with Crippen molar-refractivity contribution in [2.75, 3.05) is 26.3 Å². The second-order valence-corrected chi connectivity index (χ2v) is 7.53. The van der Waals surface area contributed by atoms with Gasteiger partial charge in [-0.15, -0.1) is 0 Å². The highest BCUT2D eigenvalue weighted by atomic mass is 16.5. The highest BCUT2D eigenvalue weighted by Gasteiger charge is 2.15. The van der Waals surface area contributed by atoms with E-state index in [0.29, 0.717) is 17.6 Å². The molecule has 0 atom stereocenters. The molecule has 7 heteroatoms. The zero-order valence-corrected chi connectivity index (χ0v) is 17.1. The summed E-state index contributed by atoms with van der Waals surface area (Å²) in [5.74, 6) is -0.118. The van der Waals surface area contributed by atoms with E-state index in [4.69, 9.17) is 4.74 Å². The number of fused-ring (bicyclic) bond motifs is 1. The average Bonchev–Trinajstić information content (AvgIpc) is 2.77. The number of hydrogen-bond donors (Lipinski definition) is 1. The first kappa shape index (κ1) is 20.3. The van der Waals surface area contributed by atoms with Crippen LogP contribution in [0.4, 0.5) is 0 Å². The third-order valence-corrected chi connectivity index (χ3v) is 5.45. The number of nitrogens with one attached hydrogen (secondary N) is 1. The van der Waals surface area contributed by atoms with Gasteiger partial charge in [0.2, 0.25) is 5.91 Å². The number of ether oxygens (including phenoxy) is 1. The van der Waals surface area contributed by atoms with E-state index >= 15 is 0 Å². The van der Waals surface area contributed by atoms with Gasteiger partial charge in [0.25, 0.3) is 5.56 Å². The van der Waals surface area contributed by atoms with Crippen LogP contribution in [0, 0.1) is 0 Å². The third kappa shape index (κ3) is 4.58. The first-order chi connectivity index (χ1) is 14.6. The van der Waals surface area contributed by atoms with Gasteiger partial charge in [-0.25, -0.2) is 4.68 Å². The standard InChI is InChI=1S/C23H26N4O3/c1-26-23(29)20-9-5-4-8-19(20)21(25-26)14-22(28)24-15-17-6-2-3-7-18(17)16-27-10-12-30-13-11-27/h2-9H,10-16H2,1H3,(H,24,28). The van der Waals surface area contributed by atoms with Gasteiger partial charge in [0.05, 0.1) is 30.7 Å². The first-order valence-corrected chi connectivity index (χ1v) is 10.2. The predicted octanol–water partition coefficient (Wildman–Crippen LogP) is 1.62. The molecule has 7 nitrogen and oxygen atoms in total. The Balaban J connectivity index is 1.44. The molecule has 1 aliphatic rings. The van der Waals surface area contributed by atoms with Crippen LogP contribution >= 0.6 is 0 Å². The van der Waals surface area contributed by atoms with E-state index in [1.54, 1.807) is 13.1 Å². The molecule has 1 aliphatic heterocycles. The fraction of sp³-hybridized carbons (Fsp3) is 0.348. The lowest BCUT2D eigenvalue weighted by Gasteiger charge is -2.27. The molecule has 1 saturated heterocycles. The number of benzene rings is 2. The largest absolute Gasteiger partial charge is 0.379 e. The molecule has 1 aromatic heterocycles. The van der Waals surface area contributed by atoms with Crippen LogP contribution in [0.3, 0.4) is 0 Å². The second-order valence-electron chi connectivity index (χ2n) is 7.53. The molecule has 3 aromatic rings. The van der Waals surface area contributed by atoms with E-state index in [-0.39, 0.29) is 17.9 Å². The van der Waals surface area contributed by atoms with Crippen LogP contribution in [-0.4, -0.2) is 46.9 Å². The number of hydrogen-bond acceptors (Lipinski definition) is 5. The Morgan fingerprint density at radius 2 is 1.70 bits per heavy atom. The minimum atomic E-state index is -0.160. The number of rotatable bonds is 6. The summed E-state index contributed by atoms with van der Waals surface area (Å²) < 4.78 is 6.72. The van der Waals surface area contributed by atoms with E-state index in [1.807, 2.05) is 30.3 Å². The monoisotopic (exact) mass is 406 g/mol. The summed E-state index contributed by atoms with van der Waals surface area (Å²) in [4.78, 5) is 27.3. The summed E-state index contributed by atoms with van der Waals surface area (Å²) in [7, 11) is 1.61. The van der Waals surface area contributed by atoms with Crippen LogP contribution < -0.4 is 10.9 Å². The summed E-state index contributed by atoms with van der Waals surface area (Å²) in [5.41, 5.74) is 2.76. The Morgan fingerprint density at radius 3 is 2.47 bits per heavy atom. The van der Waals surface area contributed by atoms with Crippen LogP contribution in [0.5, 0.6) is 0 Å². The van der Waals surface area contributed by atoms with Crippen molar-refractivity contribution >= 4 is 16.7 Å². The smallest absolute Gasteiger partial charge is 0.274 e. The lowest BCUT2D eigenvalue weighted by Crippen LogP contribution is -2.36. The minimum Gasteiger partial charge on any atom is -0.379 e. The molecule has 0 spiro atoms.